The summed E-state index contributed by atoms with van der Waals surface area (Å²) in [5.74, 6) is 1.74. The molecule has 8 heteroatoms. The van der Waals surface area contributed by atoms with E-state index in [-0.39, 0.29) is 17.5 Å². The van der Waals surface area contributed by atoms with Gasteiger partial charge < -0.3 is 4.74 Å². The van der Waals surface area contributed by atoms with E-state index in [0.717, 1.165) is 17.1 Å². The lowest BCUT2D eigenvalue weighted by molar-refractivity contribution is 0.414. The van der Waals surface area contributed by atoms with E-state index in [9.17, 15) is 8.42 Å². The van der Waals surface area contributed by atoms with Crippen molar-refractivity contribution in [3.8, 4) is 5.75 Å². The molecule has 2 rings (SSSR count). The molecule has 0 aromatic heterocycles. The van der Waals surface area contributed by atoms with Gasteiger partial charge in [0, 0.05) is 22.5 Å². The lowest BCUT2D eigenvalue weighted by Gasteiger charge is -2.08. The van der Waals surface area contributed by atoms with Crippen molar-refractivity contribution in [3.63, 3.8) is 0 Å². The van der Waals surface area contributed by atoms with Crippen molar-refractivity contribution in [1.82, 2.24) is 0 Å². The molecular weight excluding hydrogens is 310 g/mol. The quantitative estimate of drug-likeness (QED) is 0.456. The van der Waals surface area contributed by atoms with Crippen LogP contribution >= 0.6 is 11.8 Å². The van der Waals surface area contributed by atoms with Crippen LogP contribution in [0.4, 0.5) is 0 Å². The summed E-state index contributed by atoms with van der Waals surface area (Å²) in [6.07, 6.45) is 0.558. The highest BCUT2D eigenvalue weighted by Gasteiger charge is 2.37. The molecule has 0 spiro atoms. The highest BCUT2D eigenvalue weighted by molar-refractivity contribution is 8.01. The number of methoxy groups -OCH3 is 1. The van der Waals surface area contributed by atoms with Crippen molar-refractivity contribution in [2.24, 2.45) is 5.11 Å². The Morgan fingerprint density at radius 3 is 2.76 bits per heavy atom. The minimum atomic E-state index is -3.13. The highest BCUT2D eigenvalue weighted by Crippen LogP contribution is 2.32. The van der Waals surface area contributed by atoms with Crippen molar-refractivity contribution in [2.75, 3.05) is 19.4 Å². The molecule has 0 amide bonds. The smallest absolute Gasteiger partial charge is 0.154 e. The molecule has 1 aliphatic rings. The Balaban J connectivity index is 1.90. The number of rotatable bonds is 6. The molecule has 2 atom stereocenters. The van der Waals surface area contributed by atoms with Gasteiger partial charge in [-0.25, -0.2) is 8.42 Å². The number of sulfone groups is 1. The van der Waals surface area contributed by atoms with E-state index in [1.807, 2.05) is 24.3 Å². The molecule has 1 aromatic rings. The summed E-state index contributed by atoms with van der Waals surface area (Å²) in [7, 11) is -1.51. The zero-order chi connectivity index (χ0) is 15.3. The van der Waals surface area contributed by atoms with E-state index in [2.05, 4.69) is 10.0 Å². The Labute approximate surface area is 128 Å². The maximum Gasteiger partial charge on any atom is 0.154 e. The first-order chi connectivity index (χ1) is 10.0. The van der Waals surface area contributed by atoms with Gasteiger partial charge in [-0.3, -0.25) is 0 Å². The molecule has 0 radical (unpaired) electrons. The predicted octanol–water partition coefficient (Wildman–Crippen LogP) is 2.79. The molecule has 0 bridgehead atoms. The highest BCUT2D eigenvalue weighted by atomic mass is 32.2. The molecular formula is C13H17N3O3S2. The third-order valence-corrected chi connectivity index (χ3v) is 7.21. The van der Waals surface area contributed by atoms with Crippen LogP contribution in [0.15, 0.2) is 29.4 Å². The van der Waals surface area contributed by atoms with Gasteiger partial charge in [-0.05, 0) is 29.6 Å². The van der Waals surface area contributed by atoms with E-state index in [1.54, 1.807) is 18.9 Å². The van der Waals surface area contributed by atoms with E-state index < -0.39 is 15.1 Å². The largest absolute Gasteiger partial charge is 0.497 e. The third kappa shape index (κ3) is 4.30. The standard InChI is InChI=1S/C13H17N3O3S2/c1-19-11-4-2-10(3-5-11)8-20-12-6-13(7-15-16-14)21(17,18)9-12/h2-5,12-13H,6-9H2,1H3. The van der Waals surface area contributed by atoms with Crippen molar-refractivity contribution >= 4 is 21.6 Å². The maximum atomic E-state index is 12.0. The number of benzene rings is 1. The molecule has 1 saturated heterocycles. The Morgan fingerprint density at radius 1 is 1.43 bits per heavy atom. The van der Waals surface area contributed by atoms with Crippen molar-refractivity contribution in [2.45, 2.75) is 22.7 Å². The topological polar surface area (TPSA) is 92.1 Å². The van der Waals surface area contributed by atoms with Crippen LogP contribution in [0.25, 0.3) is 10.4 Å². The normalized spacial score (nSPS) is 23.5. The average molecular weight is 327 g/mol. The van der Waals surface area contributed by atoms with Gasteiger partial charge in [0.05, 0.1) is 18.1 Å². The molecule has 6 nitrogen and oxygen atoms in total. The van der Waals surface area contributed by atoms with E-state index in [0.29, 0.717) is 6.42 Å². The third-order valence-electron chi connectivity index (χ3n) is 3.45. The van der Waals surface area contributed by atoms with Crippen LogP contribution in [-0.2, 0) is 15.6 Å². The summed E-state index contributed by atoms with van der Waals surface area (Å²) in [5.41, 5.74) is 9.44. The molecule has 0 aliphatic carbocycles. The number of hydrogen-bond acceptors (Lipinski definition) is 5. The summed E-state index contributed by atoms with van der Waals surface area (Å²) in [6, 6.07) is 7.75. The summed E-state index contributed by atoms with van der Waals surface area (Å²) in [5, 5.41) is 2.94. The lowest BCUT2D eigenvalue weighted by Crippen LogP contribution is -2.18. The Hall–Kier alpha value is -1.37. The van der Waals surface area contributed by atoms with Crippen LogP contribution in [0.3, 0.4) is 0 Å². The number of azide groups is 1. The first-order valence-electron chi connectivity index (χ1n) is 6.52. The number of thioether (sulfide) groups is 1. The fourth-order valence-corrected chi connectivity index (χ4v) is 6.08. The summed E-state index contributed by atoms with van der Waals surface area (Å²) < 4.78 is 29.0. The Morgan fingerprint density at radius 2 is 2.14 bits per heavy atom. The molecule has 21 heavy (non-hydrogen) atoms. The van der Waals surface area contributed by atoms with Crippen LogP contribution < -0.4 is 4.74 Å². The lowest BCUT2D eigenvalue weighted by atomic mass is 10.2. The van der Waals surface area contributed by atoms with E-state index in [1.165, 1.54) is 0 Å². The second kappa shape index (κ2) is 7.06. The van der Waals surface area contributed by atoms with Gasteiger partial charge in [-0.2, -0.15) is 11.8 Å². The zero-order valence-electron chi connectivity index (χ0n) is 11.7. The van der Waals surface area contributed by atoms with Gasteiger partial charge in [0.25, 0.3) is 0 Å². The van der Waals surface area contributed by atoms with Gasteiger partial charge >= 0.3 is 0 Å². The molecule has 0 N–H and O–H groups in total. The van der Waals surface area contributed by atoms with Gasteiger partial charge in [0.15, 0.2) is 9.84 Å². The number of ether oxygens (including phenoxy) is 1. The monoisotopic (exact) mass is 327 g/mol. The average Bonchev–Trinajstić information content (AvgIpc) is 2.77. The van der Waals surface area contributed by atoms with Crippen LogP contribution in [0, 0.1) is 0 Å². The molecule has 1 aliphatic heterocycles. The van der Waals surface area contributed by atoms with Crippen LogP contribution in [0.1, 0.15) is 12.0 Å². The van der Waals surface area contributed by atoms with Crippen LogP contribution in [0.2, 0.25) is 0 Å². The Bertz CT molecular complexity index is 625. The van der Waals surface area contributed by atoms with Crippen LogP contribution in [-0.4, -0.2) is 38.3 Å². The minimum absolute atomic E-state index is 0.0401. The summed E-state index contributed by atoms with van der Waals surface area (Å²) >= 11 is 1.64. The molecule has 1 heterocycles. The second-order valence-corrected chi connectivity index (χ2v) is 8.50. The van der Waals surface area contributed by atoms with Crippen molar-refractivity contribution in [3.05, 3.63) is 40.3 Å². The van der Waals surface area contributed by atoms with Gasteiger partial charge in [-0.1, -0.05) is 17.2 Å². The van der Waals surface area contributed by atoms with Crippen molar-refractivity contribution < 1.29 is 13.2 Å². The van der Waals surface area contributed by atoms with Gasteiger partial charge in [0.2, 0.25) is 0 Å². The molecule has 0 saturated carbocycles. The molecule has 114 valence electrons. The minimum Gasteiger partial charge on any atom is -0.497 e. The van der Waals surface area contributed by atoms with Crippen LogP contribution in [0.5, 0.6) is 5.75 Å². The van der Waals surface area contributed by atoms with E-state index in [4.69, 9.17) is 10.3 Å². The summed E-state index contributed by atoms with van der Waals surface area (Å²) in [4.78, 5) is 2.64. The molecule has 2 unspecified atom stereocenters. The van der Waals surface area contributed by atoms with Gasteiger partial charge in [0.1, 0.15) is 5.75 Å². The fourth-order valence-electron chi connectivity index (χ4n) is 2.27. The fraction of sp³-hybridized carbons (Fsp3) is 0.538. The van der Waals surface area contributed by atoms with Crippen molar-refractivity contribution in [1.29, 1.82) is 0 Å². The number of hydrogen-bond donors (Lipinski definition) is 0. The summed E-state index contributed by atoms with van der Waals surface area (Å²) in [6.45, 7) is 0.0401. The first-order valence-corrected chi connectivity index (χ1v) is 9.28. The molecule has 1 fully saturated rings. The zero-order valence-corrected chi connectivity index (χ0v) is 13.3. The maximum absolute atomic E-state index is 12.0. The number of nitrogens with zero attached hydrogens (tertiary/aromatic N) is 3. The molecule has 1 aromatic carbocycles. The SMILES string of the molecule is COc1ccc(CSC2CC(CN=[N+]=[N-])S(=O)(=O)C2)cc1. The predicted molar refractivity (Wildman–Crippen MR) is 84.3 cm³/mol. The van der Waals surface area contributed by atoms with E-state index >= 15 is 0 Å². The Kier molecular flexibility index (Phi) is 5.39. The van der Waals surface area contributed by atoms with Gasteiger partial charge in [-0.15, -0.1) is 0 Å². The first kappa shape index (κ1) is 16.0. The second-order valence-electron chi connectivity index (χ2n) is 4.88.